The topological polar surface area (TPSA) is 75.5 Å². The van der Waals surface area contributed by atoms with Crippen LogP contribution < -0.4 is 9.64 Å². The molecule has 1 heterocycles. The lowest BCUT2D eigenvalue weighted by molar-refractivity contribution is -0.136. The van der Waals surface area contributed by atoms with Crippen LogP contribution in [-0.2, 0) is 4.79 Å². The van der Waals surface area contributed by atoms with Crippen molar-refractivity contribution < 1.29 is 14.6 Å². The normalized spacial score (nSPS) is 10.4. The van der Waals surface area contributed by atoms with Crippen LogP contribution in [0.4, 0.5) is 5.95 Å². The lowest BCUT2D eigenvalue weighted by Gasteiger charge is -2.26. The van der Waals surface area contributed by atoms with Crippen molar-refractivity contribution in [2.24, 2.45) is 0 Å². The molecule has 0 saturated carbocycles. The number of hydrogen-bond acceptors (Lipinski definition) is 5. The molecular weight excluding hydrogens is 234 g/mol. The number of nitrogens with zero attached hydrogens (tertiary/aromatic N) is 3. The fourth-order valence-electron chi connectivity index (χ4n) is 1.50. The molecule has 0 unspecified atom stereocenters. The Morgan fingerprint density at radius 2 is 2.28 bits per heavy atom. The Bertz CT molecular complexity index is 396. The van der Waals surface area contributed by atoms with Crippen LogP contribution in [0.3, 0.4) is 0 Å². The van der Waals surface area contributed by atoms with Crippen molar-refractivity contribution in [3.63, 3.8) is 0 Å². The third-order valence-corrected chi connectivity index (χ3v) is 2.36. The minimum absolute atomic E-state index is 0.0560. The molecule has 0 aliphatic carbocycles. The van der Waals surface area contributed by atoms with Gasteiger partial charge in [-0.05, 0) is 20.8 Å². The van der Waals surface area contributed by atoms with Crippen molar-refractivity contribution >= 4 is 11.9 Å². The van der Waals surface area contributed by atoms with E-state index in [1.807, 2.05) is 25.7 Å². The average Bonchev–Trinajstić information content (AvgIpc) is 2.29. The number of aliphatic carboxylic acids is 1. The lowest BCUT2D eigenvalue weighted by atomic mass is 10.3. The van der Waals surface area contributed by atoms with Crippen LogP contribution in [0, 0.1) is 0 Å². The smallest absolute Gasteiger partial charge is 0.305 e. The minimum Gasteiger partial charge on any atom is -0.481 e. The first-order valence-corrected chi connectivity index (χ1v) is 5.98. The largest absolute Gasteiger partial charge is 0.481 e. The van der Waals surface area contributed by atoms with Gasteiger partial charge in [0.1, 0.15) is 0 Å². The summed E-state index contributed by atoms with van der Waals surface area (Å²) in [4.78, 5) is 20.9. The zero-order valence-electron chi connectivity index (χ0n) is 11.0. The third-order valence-electron chi connectivity index (χ3n) is 2.36. The SMILES string of the molecule is CCOc1ccnc(N(CCC(=O)O)C(C)C)n1. The zero-order valence-corrected chi connectivity index (χ0v) is 11.0. The van der Waals surface area contributed by atoms with E-state index in [4.69, 9.17) is 9.84 Å². The Morgan fingerprint density at radius 1 is 1.56 bits per heavy atom. The van der Waals surface area contributed by atoms with Crippen molar-refractivity contribution in [1.29, 1.82) is 0 Å². The number of carboxylic acid groups (broad SMARTS) is 1. The summed E-state index contributed by atoms with van der Waals surface area (Å²) in [5.74, 6) is 0.169. The summed E-state index contributed by atoms with van der Waals surface area (Å²) in [5, 5.41) is 8.74. The van der Waals surface area contributed by atoms with E-state index >= 15 is 0 Å². The molecule has 0 atom stereocenters. The molecule has 0 amide bonds. The number of aromatic nitrogens is 2. The fourth-order valence-corrected chi connectivity index (χ4v) is 1.50. The van der Waals surface area contributed by atoms with E-state index in [2.05, 4.69) is 9.97 Å². The Morgan fingerprint density at radius 3 is 2.83 bits per heavy atom. The Hall–Kier alpha value is -1.85. The van der Waals surface area contributed by atoms with E-state index < -0.39 is 5.97 Å². The molecule has 0 aliphatic rings. The summed E-state index contributed by atoms with van der Waals surface area (Å²) in [6, 6.07) is 1.81. The summed E-state index contributed by atoms with van der Waals surface area (Å²) < 4.78 is 5.31. The molecule has 0 aliphatic heterocycles. The average molecular weight is 253 g/mol. The number of ether oxygens (including phenoxy) is 1. The van der Waals surface area contributed by atoms with Crippen molar-refractivity contribution in [3.8, 4) is 5.88 Å². The highest BCUT2D eigenvalue weighted by atomic mass is 16.5. The molecule has 0 bridgehead atoms. The van der Waals surface area contributed by atoms with Crippen LogP contribution in [0.2, 0.25) is 0 Å². The molecule has 1 rings (SSSR count). The van der Waals surface area contributed by atoms with Gasteiger partial charge in [0.05, 0.1) is 13.0 Å². The maximum Gasteiger partial charge on any atom is 0.305 e. The lowest BCUT2D eigenvalue weighted by Crippen LogP contribution is -2.34. The monoisotopic (exact) mass is 253 g/mol. The molecule has 100 valence electrons. The quantitative estimate of drug-likeness (QED) is 0.794. The minimum atomic E-state index is -0.832. The van der Waals surface area contributed by atoms with Gasteiger partial charge >= 0.3 is 5.97 Å². The Kier molecular flexibility index (Phi) is 5.35. The highest BCUT2D eigenvalue weighted by Gasteiger charge is 2.15. The fraction of sp³-hybridized carbons (Fsp3) is 0.583. The van der Waals surface area contributed by atoms with E-state index in [9.17, 15) is 4.79 Å². The molecule has 0 saturated heterocycles. The highest BCUT2D eigenvalue weighted by molar-refractivity contribution is 5.67. The maximum atomic E-state index is 10.6. The van der Waals surface area contributed by atoms with Crippen LogP contribution >= 0.6 is 0 Å². The van der Waals surface area contributed by atoms with Gasteiger partial charge in [0.2, 0.25) is 11.8 Å². The predicted molar refractivity (Wildman–Crippen MR) is 67.9 cm³/mol. The maximum absolute atomic E-state index is 10.6. The summed E-state index contributed by atoms with van der Waals surface area (Å²) in [6.07, 6.45) is 1.67. The summed E-state index contributed by atoms with van der Waals surface area (Å²) in [6.45, 7) is 6.74. The predicted octanol–water partition coefficient (Wildman–Crippen LogP) is 1.56. The van der Waals surface area contributed by atoms with Gasteiger partial charge in [-0.25, -0.2) is 4.98 Å². The molecule has 0 radical (unpaired) electrons. The van der Waals surface area contributed by atoms with Crippen molar-refractivity contribution in [1.82, 2.24) is 9.97 Å². The van der Waals surface area contributed by atoms with E-state index in [0.717, 1.165) is 0 Å². The molecule has 1 aromatic rings. The van der Waals surface area contributed by atoms with Crippen molar-refractivity contribution in [3.05, 3.63) is 12.3 Å². The number of carbonyl (C=O) groups is 1. The molecule has 0 spiro atoms. The number of hydrogen-bond donors (Lipinski definition) is 1. The van der Waals surface area contributed by atoms with Gasteiger partial charge in [-0.1, -0.05) is 0 Å². The van der Waals surface area contributed by atoms with Gasteiger partial charge in [0, 0.05) is 24.8 Å². The second-order valence-electron chi connectivity index (χ2n) is 4.06. The van der Waals surface area contributed by atoms with Gasteiger partial charge in [-0.15, -0.1) is 0 Å². The first kappa shape index (κ1) is 14.2. The standard InChI is InChI=1S/C12H19N3O3/c1-4-18-10-5-7-13-12(14-10)15(9(2)3)8-6-11(16)17/h5,7,9H,4,6,8H2,1-3H3,(H,16,17). The van der Waals surface area contributed by atoms with Crippen molar-refractivity contribution in [2.45, 2.75) is 33.2 Å². The molecule has 6 nitrogen and oxygen atoms in total. The molecule has 1 aromatic heterocycles. The molecule has 18 heavy (non-hydrogen) atoms. The Balaban J connectivity index is 2.84. The number of anilines is 1. The summed E-state index contributed by atoms with van der Waals surface area (Å²) in [5.41, 5.74) is 0. The van der Waals surface area contributed by atoms with E-state index in [1.54, 1.807) is 12.3 Å². The molecular formula is C12H19N3O3. The third kappa shape index (κ3) is 4.20. The molecule has 0 fully saturated rings. The van der Waals surface area contributed by atoms with Gasteiger partial charge in [-0.3, -0.25) is 4.79 Å². The second-order valence-corrected chi connectivity index (χ2v) is 4.06. The second kappa shape index (κ2) is 6.78. The first-order chi connectivity index (χ1) is 8.54. The van der Waals surface area contributed by atoms with Crippen LogP contribution in [-0.4, -0.2) is 40.2 Å². The van der Waals surface area contributed by atoms with Crippen LogP contribution in [0.15, 0.2) is 12.3 Å². The zero-order chi connectivity index (χ0) is 13.5. The summed E-state index contributed by atoms with van der Waals surface area (Å²) in [7, 11) is 0. The van der Waals surface area contributed by atoms with Gasteiger partial charge in [-0.2, -0.15) is 4.98 Å². The van der Waals surface area contributed by atoms with Gasteiger partial charge in [0.25, 0.3) is 0 Å². The molecule has 1 N–H and O–H groups in total. The van der Waals surface area contributed by atoms with Crippen LogP contribution in [0.5, 0.6) is 5.88 Å². The first-order valence-electron chi connectivity index (χ1n) is 5.98. The molecule has 0 aromatic carbocycles. The Labute approximate surface area is 107 Å². The van der Waals surface area contributed by atoms with E-state index in [-0.39, 0.29) is 12.5 Å². The highest BCUT2D eigenvalue weighted by Crippen LogP contribution is 2.15. The molecule has 6 heteroatoms. The van der Waals surface area contributed by atoms with Crippen molar-refractivity contribution in [2.75, 3.05) is 18.1 Å². The van der Waals surface area contributed by atoms with Crippen LogP contribution in [0.1, 0.15) is 27.2 Å². The van der Waals surface area contributed by atoms with Gasteiger partial charge < -0.3 is 14.7 Å². The van der Waals surface area contributed by atoms with Crippen LogP contribution in [0.25, 0.3) is 0 Å². The number of carboxylic acids is 1. The van der Waals surface area contributed by atoms with Gasteiger partial charge in [0.15, 0.2) is 0 Å². The number of rotatable bonds is 7. The van der Waals surface area contributed by atoms with E-state index in [0.29, 0.717) is 25.0 Å². The summed E-state index contributed by atoms with van der Waals surface area (Å²) >= 11 is 0. The van der Waals surface area contributed by atoms with E-state index in [1.165, 1.54) is 0 Å².